The molecule has 0 spiro atoms. The lowest BCUT2D eigenvalue weighted by Gasteiger charge is -2.08. The quantitative estimate of drug-likeness (QED) is 0.564. The zero-order valence-electron chi connectivity index (χ0n) is 10.7. The maximum absolute atomic E-state index is 11.1. The number of nitrogen functional groups attached to an aromatic ring is 1. The largest absolute Gasteiger partial charge is 0.479 e. The molecule has 6 nitrogen and oxygen atoms in total. The van der Waals surface area contributed by atoms with Crippen LogP contribution in [-0.4, -0.2) is 31.2 Å². The molecule has 0 aliphatic carbocycles. The van der Waals surface area contributed by atoms with Gasteiger partial charge >= 0.3 is 5.97 Å². The Balaban J connectivity index is 2.33. The third-order valence-electron chi connectivity index (χ3n) is 2.25. The summed E-state index contributed by atoms with van der Waals surface area (Å²) in [5, 5.41) is 3.09. The summed E-state index contributed by atoms with van der Waals surface area (Å²) in [4.78, 5) is 15.3. The van der Waals surface area contributed by atoms with Crippen LogP contribution in [0.4, 0.5) is 11.5 Å². The molecule has 0 aromatic carbocycles. The fraction of sp³-hybridized carbons (Fsp3) is 0.500. The van der Waals surface area contributed by atoms with E-state index in [9.17, 15) is 4.79 Å². The summed E-state index contributed by atoms with van der Waals surface area (Å²) < 4.78 is 9.84. The highest BCUT2D eigenvalue weighted by Gasteiger charge is 2.03. The van der Waals surface area contributed by atoms with E-state index in [1.165, 1.54) is 7.11 Å². The number of anilines is 2. The number of nitrogens with two attached hydrogens (primary N) is 1. The number of nitrogens with zero attached hydrogens (tertiary/aromatic N) is 1. The molecule has 0 saturated carbocycles. The molecule has 0 aliphatic rings. The van der Waals surface area contributed by atoms with Gasteiger partial charge in [0.15, 0.2) is 0 Å². The predicted octanol–water partition coefficient (Wildman–Crippen LogP) is 1.43. The van der Waals surface area contributed by atoms with E-state index in [1.807, 2.05) is 0 Å². The Morgan fingerprint density at radius 3 is 2.94 bits per heavy atom. The molecule has 0 unspecified atom stereocenters. The monoisotopic (exact) mass is 253 g/mol. The summed E-state index contributed by atoms with van der Waals surface area (Å²) in [6, 6.07) is 3.49. The molecule has 0 amide bonds. The fourth-order valence-electron chi connectivity index (χ4n) is 1.40. The third-order valence-corrected chi connectivity index (χ3v) is 2.25. The minimum absolute atomic E-state index is 0.179. The molecular formula is C12H19N3O3. The van der Waals surface area contributed by atoms with Crippen molar-refractivity contribution in [2.75, 3.05) is 31.3 Å². The second-order valence-electron chi connectivity index (χ2n) is 3.63. The van der Waals surface area contributed by atoms with Crippen molar-refractivity contribution < 1.29 is 14.3 Å². The maximum atomic E-state index is 11.1. The van der Waals surface area contributed by atoms with Gasteiger partial charge in [0.1, 0.15) is 5.82 Å². The molecule has 0 bridgehead atoms. The highest BCUT2D eigenvalue weighted by molar-refractivity contribution is 5.69. The minimum atomic E-state index is -0.179. The average molecular weight is 253 g/mol. The summed E-state index contributed by atoms with van der Waals surface area (Å²) in [6.07, 6.45) is 1.08. The van der Waals surface area contributed by atoms with Gasteiger partial charge in [-0.15, -0.1) is 0 Å². The Morgan fingerprint density at radius 2 is 2.28 bits per heavy atom. The van der Waals surface area contributed by atoms with Crippen LogP contribution in [0.5, 0.6) is 5.88 Å². The van der Waals surface area contributed by atoms with E-state index in [1.54, 1.807) is 19.1 Å². The molecule has 18 heavy (non-hydrogen) atoms. The van der Waals surface area contributed by atoms with E-state index in [-0.39, 0.29) is 5.97 Å². The van der Waals surface area contributed by atoms with Crippen LogP contribution in [0, 0.1) is 0 Å². The third kappa shape index (κ3) is 4.48. The lowest BCUT2D eigenvalue weighted by atomic mass is 10.3. The van der Waals surface area contributed by atoms with Crippen molar-refractivity contribution in [1.82, 2.24) is 4.98 Å². The van der Waals surface area contributed by atoms with E-state index >= 15 is 0 Å². The van der Waals surface area contributed by atoms with Gasteiger partial charge in [-0.3, -0.25) is 4.79 Å². The van der Waals surface area contributed by atoms with E-state index < -0.39 is 0 Å². The van der Waals surface area contributed by atoms with Crippen LogP contribution in [0.25, 0.3) is 0 Å². The maximum Gasteiger partial charge on any atom is 0.305 e. The highest BCUT2D eigenvalue weighted by Crippen LogP contribution is 2.19. The van der Waals surface area contributed by atoms with Gasteiger partial charge in [-0.05, 0) is 25.5 Å². The Labute approximate surface area is 106 Å². The number of hydrogen-bond donors (Lipinski definition) is 2. The summed E-state index contributed by atoms with van der Waals surface area (Å²) in [7, 11) is 1.52. The van der Waals surface area contributed by atoms with Crippen LogP contribution in [-0.2, 0) is 9.53 Å². The van der Waals surface area contributed by atoms with E-state index in [4.69, 9.17) is 15.2 Å². The van der Waals surface area contributed by atoms with Gasteiger partial charge in [0, 0.05) is 13.0 Å². The number of methoxy groups -OCH3 is 1. The van der Waals surface area contributed by atoms with E-state index in [2.05, 4.69) is 10.3 Å². The summed E-state index contributed by atoms with van der Waals surface area (Å²) >= 11 is 0. The van der Waals surface area contributed by atoms with Crippen LogP contribution >= 0.6 is 0 Å². The summed E-state index contributed by atoms with van der Waals surface area (Å²) in [5.74, 6) is 0.887. The number of ether oxygens (including phenoxy) is 2. The normalized spacial score (nSPS) is 9.89. The smallest absolute Gasteiger partial charge is 0.305 e. The lowest BCUT2D eigenvalue weighted by molar-refractivity contribution is -0.143. The summed E-state index contributed by atoms with van der Waals surface area (Å²) in [5.41, 5.74) is 6.15. The number of rotatable bonds is 7. The van der Waals surface area contributed by atoms with Crippen molar-refractivity contribution in [3.63, 3.8) is 0 Å². The van der Waals surface area contributed by atoms with Gasteiger partial charge in [-0.25, -0.2) is 0 Å². The molecule has 100 valence electrons. The van der Waals surface area contributed by atoms with Crippen LogP contribution in [0.3, 0.4) is 0 Å². The molecule has 6 heteroatoms. The molecule has 1 rings (SSSR count). The Hall–Kier alpha value is -1.98. The Kier molecular flexibility index (Phi) is 5.76. The summed E-state index contributed by atoms with van der Waals surface area (Å²) in [6.45, 7) is 2.85. The number of esters is 1. The molecule has 3 N–H and O–H groups in total. The molecule has 1 aromatic heterocycles. The number of nitrogens with one attached hydrogen (secondary N) is 1. The van der Waals surface area contributed by atoms with Crippen molar-refractivity contribution in [3.8, 4) is 5.88 Å². The van der Waals surface area contributed by atoms with Gasteiger partial charge in [0.25, 0.3) is 0 Å². The zero-order chi connectivity index (χ0) is 13.4. The van der Waals surface area contributed by atoms with Gasteiger partial charge in [0.05, 0.1) is 19.4 Å². The first-order valence-electron chi connectivity index (χ1n) is 5.87. The average Bonchev–Trinajstić information content (AvgIpc) is 2.37. The van der Waals surface area contributed by atoms with Gasteiger partial charge in [0.2, 0.25) is 5.88 Å². The van der Waals surface area contributed by atoms with Crippen LogP contribution in [0.1, 0.15) is 19.8 Å². The number of carbonyl (C=O) groups is 1. The second-order valence-corrected chi connectivity index (χ2v) is 3.63. The molecule has 0 atom stereocenters. The van der Waals surface area contributed by atoms with Crippen molar-refractivity contribution in [2.24, 2.45) is 0 Å². The first kappa shape index (κ1) is 14.1. The number of carbonyl (C=O) groups excluding carboxylic acids is 1. The van der Waals surface area contributed by atoms with E-state index in [0.717, 1.165) is 0 Å². The molecule has 0 radical (unpaired) electrons. The van der Waals surface area contributed by atoms with Gasteiger partial charge < -0.3 is 20.5 Å². The molecule has 1 heterocycles. The zero-order valence-corrected chi connectivity index (χ0v) is 10.7. The van der Waals surface area contributed by atoms with Crippen molar-refractivity contribution in [2.45, 2.75) is 19.8 Å². The molecule has 0 saturated heterocycles. The van der Waals surface area contributed by atoms with Crippen molar-refractivity contribution >= 4 is 17.5 Å². The molecular weight excluding hydrogens is 234 g/mol. The first-order valence-corrected chi connectivity index (χ1v) is 5.87. The number of pyridine rings is 1. The van der Waals surface area contributed by atoms with Gasteiger partial charge in [-0.1, -0.05) is 0 Å². The number of hydrogen-bond acceptors (Lipinski definition) is 6. The molecule has 1 aromatic rings. The fourth-order valence-corrected chi connectivity index (χ4v) is 1.40. The second kappa shape index (κ2) is 7.37. The van der Waals surface area contributed by atoms with Crippen molar-refractivity contribution in [1.29, 1.82) is 0 Å². The van der Waals surface area contributed by atoms with Gasteiger partial charge in [-0.2, -0.15) is 4.98 Å². The predicted molar refractivity (Wildman–Crippen MR) is 69.6 cm³/mol. The molecule has 0 fully saturated rings. The first-order chi connectivity index (χ1) is 8.67. The lowest BCUT2D eigenvalue weighted by Crippen LogP contribution is -2.09. The minimum Gasteiger partial charge on any atom is -0.479 e. The van der Waals surface area contributed by atoms with Crippen LogP contribution in [0.15, 0.2) is 12.1 Å². The van der Waals surface area contributed by atoms with Crippen LogP contribution in [0.2, 0.25) is 0 Å². The van der Waals surface area contributed by atoms with E-state index in [0.29, 0.717) is 43.4 Å². The number of aromatic nitrogens is 1. The topological polar surface area (TPSA) is 86.5 Å². The highest BCUT2D eigenvalue weighted by atomic mass is 16.5. The van der Waals surface area contributed by atoms with Crippen LogP contribution < -0.4 is 15.8 Å². The SMILES string of the molecule is CCOC(=O)CCCNc1ccc(N)c(OC)n1. The Bertz CT molecular complexity index is 396. The van der Waals surface area contributed by atoms with Crippen molar-refractivity contribution in [3.05, 3.63) is 12.1 Å². The molecule has 0 aliphatic heterocycles. The standard InChI is InChI=1S/C12H19N3O3/c1-3-18-11(16)5-4-8-14-10-7-6-9(13)12(15-10)17-2/h6-7H,3-5,8,13H2,1-2H3,(H,14,15). The Morgan fingerprint density at radius 1 is 1.50 bits per heavy atom.